The Balaban J connectivity index is 2.51. The quantitative estimate of drug-likeness (QED) is 0.857. The van der Waals surface area contributed by atoms with E-state index in [4.69, 9.17) is 0 Å². The molecule has 1 heterocycles. The maximum atomic E-state index is 12.4. The Morgan fingerprint density at radius 2 is 1.89 bits per heavy atom. The van der Waals surface area contributed by atoms with Gasteiger partial charge in [0, 0.05) is 38.2 Å². The second-order valence-electron chi connectivity index (χ2n) is 5.63. The third kappa shape index (κ3) is 2.36. The lowest BCUT2D eigenvalue weighted by Crippen LogP contribution is -2.46. The van der Waals surface area contributed by atoms with Crippen molar-refractivity contribution in [1.82, 2.24) is 15.0 Å². The number of hydrazine groups is 1. The molecule has 0 radical (unpaired) electrons. The molecule has 0 saturated heterocycles. The molecule has 1 amide bonds. The molecular formula is C15H21N3O. The van der Waals surface area contributed by atoms with Crippen LogP contribution in [-0.2, 0) is 17.3 Å². The largest absolute Gasteiger partial charge is 0.350 e. The van der Waals surface area contributed by atoms with E-state index in [1.165, 1.54) is 0 Å². The van der Waals surface area contributed by atoms with E-state index >= 15 is 0 Å². The second-order valence-corrected chi connectivity index (χ2v) is 5.63. The van der Waals surface area contributed by atoms with E-state index in [-0.39, 0.29) is 5.91 Å². The van der Waals surface area contributed by atoms with Crippen molar-refractivity contribution in [3.05, 3.63) is 36.0 Å². The topological polar surface area (TPSA) is 37.3 Å². The van der Waals surface area contributed by atoms with Crippen LogP contribution < -0.4 is 5.43 Å². The van der Waals surface area contributed by atoms with Gasteiger partial charge in [-0.05, 0) is 25.5 Å². The number of carbonyl (C=O) groups excluding carboxylic acids is 1. The minimum absolute atomic E-state index is 0.00569. The molecule has 2 rings (SSSR count). The minimum atomic E-state index is -0.578. The normalized spacial score (nSPS) is 12.1. The van der Waals surface area contributed by atoms with Crippen molar-refractivity contribution in [2.75, 3.05) is 14.1 Å². The third-order valence-corrected chi connectivity index (χ3v) is 3.46. The van der Waals surface area contributed by atoms with Crippen LogP contribution in [0.1, 0.15) is 19.4 Å². The minimum Gasteiger partial charge on any atom is -0.350 e. The van der Waals surface area contributed by atoms with Gasteiger partial charge >= 0.3 is 0 Å². The molecule has 0 aliphatic rings. The highest BCUT2D eigenvalue weighted by molar-refractivity contribution is 5.94. The van der Waals surface area contributed by atoms with Crippen LogP contribution in [0, 0.1) is 0 Å². The number of para-hydroxylation sites is 1. The Hall–Kier alpha value is -1.81. The van der Waals surface area contributed by atoms with Gasteiger partial charge in [0.2, 0.25) is 5.91 Å². The molecule has 0 aliphatic heterocycles. The Labute approximate surface area is 114 Å². The van der Waals surface area contributed by atoms with Crippen molar-refractivity contribution < 1.29 is 4.79 Å². The molecule has 0 bridgehead atoms. The first kappa shape index (κ1) is 13.6. The first-order valence-corrected chi connectivity index (χ1v) is 6.37. The number of aromatic nitrogens is 1. The van der Waals surface area contributed by atoms with Gasteiger partial charge < -0.3 is 4.57 Å². The van der Waals surface area contributed by atoms with Gasteiger partial charge in [-0.25, -0.2) is 5.01 Å². The monoisotopic (exact) mass is 259 g/mol. The highest BCUT2D eigenvalue weighted by Crippen LogP contribution is 2.31. The lowest BCUT2D eigenvalue weighted by Gasteiger charge is -2.25. The zero-order valence-corrected chi connectivity index (χ0v) is 12.2. The van der Waals surface area contributed by atoms with Crippen LogP contribution >= 0.6 is 0 Å². The highest BCUT2D eigenvalue weighted by Gasteiger charge is 2.32. The van der Waals surface area contributed by atoms with Crippen molar-refractivity contribution in [2.24, 2.45) is 7.05 Å². The van der Waals surface area contributed by atoms with Gasteiger partial charge in [0.15, 0.2) is 0 Å². The van der Waals surface area contributed by atoms with Gasteiger partial charge in [0.25, 0.3) is 0 Å². The van der Waals surface area contributed by atoms with E-state index < -0.39 is 5.41 Å². The van der Waals surface area contributed by atoms with Crippen molar-refractivity contribution >= 4 is 16.8 Å². The van der Waals surface area contributed by atoms with Crippen molar-refractivity contribution in [3.8, 4) is 0 Å². The summed E-state index contributed by atoms with van der Waals surface area (Å²) in [7, 11) is 5.64. The van der Waals surface area contributed by atoms with Crippen molar-refractivity contribution in [3.63, 3.8) is 0 Å². The van der Waals surface area contributed by atoms with Crippen LogP contribution in [0.3, 0.4) is 0 Å². The molecule has 1 aromatic carbocycles. The summed E-state index contributed by atoms with van der Waals surface area (Å²) >= 11 is 0. The summed E-state index contributed by atoms with van der Waals surface area (Å²) < 4.78 is 2.06. The van der Waals surface area contributed by atoms with E-state index in [1.807, 2.05) is 53.3 Å². The molecule has 0 atom stereocenters. The lowest BCUT2D eigenvalue weighted by atomic mass is 9.83. The zero-order valence-electron chi connectivity index (χ0n) is 12.2. The van der Waals surface area contributed by atoms with Crippen molar-refractivity contribution in [1.29, 1.82) is 0 Å². The fourth-order valence-corrected chi connectivity index (χ4v) is 2.30. The number of hydrogen-bond acceptors (Lipinski definition) is 2. The van der Waals surface area contributed by atoms with Gasteiger partial charge in [0.1, 0.15) is 0 Å². The molecule has 0 unspecified atom stereocenters. The molecule has 0 saturated carbocycles. The number of benzene rings is 1. The van der Waals surface area contributed by atoms with Crippen LogP contribution in [0.15, 0.2) is 30.5 Å². The van der Waals surface area contributed by atoms with Gasteiger partial charge in [-0.1, -0.05) is 18.2 Å². The van der Waals surface area contributed by atoms with Gasteiger partial charge in [-0.15, -0.1) is 0 Å². The lowest BCUT2D eigenvalue weighted by molar-refractivity contribution is -0.129. The number of fused-ring (bicyclic) bond motifs is 1. The molecule has 102 valence electrons. The fourth-order valence-electron chi connectivity index (χ4n) is 2.30. The first-order valence-electron chi connectivity index (χ1n) is 6.37. The summed E-state index contributed by atoms with van der Waals surface area (Å²) in [5.74, 6) is -0.00569. The summed E-state index contributed by atoms with van der Waals surface area (Å²) in [5, 5.41) is 2.80. The summed E-state index contributed by atoms with van der Waals surface area (Å²) in [6.07, 6.45) is 2.04. The Morgan fingerprint density at radius 1 is 1.26 bits per heavy atom. The molecule has 4 nitrogen and oxygen atoms in total. The molecule has 1 aromatic heterocycles. The predicted octanol–water partition coefficient (Wildman–Crippen LogP) is 2.05. The van der Waals surface area contributed by atoms with E-state index in [2.05, 4.69) is 22.1 Å². The van der Waals surface area contributed by atoms with E-state index in [9.17, 15) is 4.79 Å². The Bertz CT molecular complexity index is 611. The van der Waals surface area contributed by atoms with Gasteiger partial charge in [-0.3, -0.25) is 10.2 Å². The average Bonchev–Trinajstić information content (AvgIpc) is 2.67. The average molecular weight is 259 g/mol. The summed E-state index contributed by atoms with van der Waals surface area (Å²) in [4.78, 5) is 12.4. The van der Waals surface area contributed by atoms with Crippen LogP contribution in [0.4, 0.5) is 0 Å². The SMILES string of the molecule is CN(C)NC(=O)C(C)(C)c1cn(C)c2ccccc12. The van der Waals surface area contributed by atoms with Gasteiger partial charge in [-0.2, -0.15) is 0 Å². The van der Waals surface area contributed by atoms with Crippen LogP contribution in [0.2, 0.25) is 0 Å². The molecular weight excluding hydrogens is 238 g/mol. The zero-order chi connectivity index (χ0) is 14.2. The smallest absolute Gasteiger partial charge is 0.244 e. The van der Waals surface area contributed by atoms with Crippen LogP contribution in [0.25, 0.3) is 10.9 Å². The number of nitrogens with zero attached hydrogens (tertiary/aromatic N) is 2. The number of carbonyl (C=O) groups is 1. The number of amides is 1. The van der Waals surface area contributed by atoms with E-state index in [0.717, 1.165) is 16.5 Å². The summed E-state index contributed by atoms with van der Waals surface area (Å²) in [6, 6.07) is 8.15. The number of hydrogen-bond donors (Lipinski definition) is 1. The molecule has 19 heavy (non-hydrogen) atoms. The standard InChI is InChI=1S/C15H21N3O/c1-15(2,14(19)16-17(3)4)12-10-18(5)13-9-7-6-8-11(12)13/h6-10H,1-5H3,(H,16,19). The highest BCUT2D eigenvalue weighted by atomic mass is 16.2. The molecule has 4 heteroatoms. The number of rotatable bonds is 3. The van der Waals surface area contributed by atoms with E-state index in [1.54, 1.807) is 5.01 Å². The molecule has 0 aliphatic carbocycles. The molecule has 0 spiro atoms. The Morgan fingerprint density at radius 3 is 2.53 bits per heavy atom. The van der Waals surface area contributed by atoms with Crippen molar-refractivity contribution in [2.45, 2.75) is 19.3 Å². The predicted molar refractivity (Wildman–Crippen MR) is 77.8 cm³/mol. The summed E-state index contributed by atoms with van der Waals surface area (Å²) in [6.45, 7) is 3.90. The first-order chi connectivity index (χ1) is 8.84. The second kappa shape index (κ2) is 4.70. The maximum Gasteiger partial charge on any atom is 0.244 e. The molecule has 1 N–H and O–H groups in total. The molecule has 2 aromatic rings. The number of nitrogens with one attached hydrogen (secondary N) is 1. The van der Waals surface area contributed by atoms with Gasteiger partial charge in [0.05, 0.1) is 5.41 Å². The molecule has 0 fully saturated rings. The van der Waals surface area contributed by atoms with E-state index in [0.29, 0.717) is 0 Å². The summed E-state index contributed by atoms with van der Waals surface area (Å²) in [5.41, 5.74) is 4.45. The fraction of sp³-hybridized carbons (Fsp3) is 0.400. The third-order valence-electron chi connectivity index (χ3n) is 3.46. The maximum absolute atomic E-state index is 12.4. The van der Waals surface area contributed by atoms with Crippen LogP contribution in [0.5, 0.6) is 0 Å². The number of aryl methyl sites for hydroxylation is 1. The Kier molecular flexibility index (Phi) is 3.37. The van der Waals surface area contributed by atoms with Crippen LogP contribution in [-0.4, -0.2) is 29.6 Å².